The first-order chi connectivity index (χ1) is 8.70. The van der Waals surface area contributed by atoms with Gasteiger partial charge < -0.3 is 20.9 Å². The summed E-state index contributed by atoms with van der Waals surface area (Å²) in [6, 6.07) is -0.463. The number of rotatable bonds is 4. The summed E-state index contributed by atoms with van der Waals surface area (Å²) in [7, 11) is 0. The molecule has 1 aliphatic rings. The summed E-state index contributed by atoms with van der Waals surface area (Å²) in [4.78, 5) is 24.2. The summed E-state index contributed by atoms with van der Waals surface area (Å²) >= 11 is 0. The van der Waals surface area contributed by atoms with Crippen LogP contribution in [0.3, 0.4) is 0 Å². The minimum absolute atomic E-state index is 0.00130. The zero-order valence-corrected chi connectivity index (χ0v) is 11.7. The number of carbonyl (C=O) groups is 2. The number of aliphatic hydroxyl groups is 1. The van der Waals surface area contributed by atoms with Crippen LogP contribution < -0.4 is 11.1 Å². The van der Waals surface area contributed by atoms with E-state index in [2.05, 4.69) is 5.32 Å². The summed E-state index contributed by atoms with van der Waals surface area (Å²) in [5.41, 5.74) is 4.68. The molecule has 0 aromatic carbocycles. The van der Waals surface area contributed by atoms with Crippen LogP contribution in [-0.4, -0.2) is 53.0 Å². The van der Waals surface area contributed by atoms with Gasteiger partial charge in [0.25, 0.3) is 0 Å². The second-order valence-corrected chi connectivity index (χ2v) is 5.66. The van der Waals surface area contributed by atoms with Gasteiger partial charge in [-0.3, -0.25) is 9.69 Å². The van der Waals surface area contributed by atoms with Gasteiger partial charge in [-0.2, -0.15) is 0 Å². The zero-order valence-electron chi connectivity index (χ0n) is 11.7. The van der Waals surface area contributed by atoms with Gasteiger partial charge in [-0.25, -0.2) is 4.79 Å². The lowest BCUT2D eigenvalue weighted by molar-refractivity contribution is -0.126. The molecule has 0 spiro atoms. The average molecular weight is 273 g/mol. The van der Waals surface area contributed by atoms with Crippen LogP contribution in [0.5, 0.6) is 0 Å². The normalized spacial score (nSPS) is 22.0. The minimum Gasteiger partial charge on any atom is -0.444 e. The lowest BCUT2D eigenvalue weighted by Gasteiger charge is -2.28. The van der Waals surface area contributed by atoms with Crippen molar-refractivity contribution in [3.63, 3.8) is 0 Å². The van der Waals surface area contributed by atoms with E-state index in [0.717, 1.165) is 6.42 Å². The van der Waals surface area contributed by atoms with Crippen molar-refractivity contribution in [3.05, 3.63) is 0 Å². The Bertz CT molecular complexity index is 340. The summed E-state index contributed by atoms with van der Waals surface area (Å²) in [6.45, 7) is 5.86. The summed E-state index contributed by atoms with van der Waals surface area (Å²) < 4.78 is 5.05. The van der Waals surface area contributed by atoms with Gasteiger partial charge in [0.15, 0.2) is 0 Å². The summed E-state index contributed by atoms with van der Waals surface area (Å²) in [6.07, 6.45) is -0.0930. The molecule has 2 amide bonds. The quantitative estimate of drug-likeness (QED) is 0.656. The van der Waals surface area contributed by atoms with Crippen molar-refractivity contribution in [1.29, 1.82) is 0 Å². The Balaban J connectivity index is 2.41. The molecular formula is C12H23N3O4. The van der Waals surface area contributed by atoms with E-state index in [-0.39, 0.29) is 6.54 Å². The number of nitrogens with one attached hydrogen (secondary N) is 1. The number of alkyl carbamates (subject to hydrolysis) is 1. The van der Waals surface area contributed by atoms with Gasteiger partial charge >= 0.3 is 6.09 Å². The monoisotopic (exact) mass is 273 g/mol. The van der Waals surface area contributed by atoms with E-state index in [9.17, 15) is 14.7 Å². The highest BCUT2D eigenvalue weighted by atomic mass is 16.6. The third-order valence-electron chi connectivity index (χ3n) is 2.83. The molecule has 1 heterocycles. The molecule has 0 radical (unpaired) electrons. The van der Waals surface area contributed by atoms with E-state index in [0.29, 0.717) is 13.0 Å². The van der Waals surface area contributed by atoms with Gasteiger partial charge in [-0.1, -0.05) is 0 Å². The number of likely N-dealkylation sites (tertiary alicyclic amines) is 1. The van der Waals surface area contributed by atoms with E-state index in [1.165, 1.54) is 0 Å². The maximum Gasteiger partial charge on any atom is 0.407 e. The Kier molecular flexibility index (Phi) is 5.13. The highest BCUT2D eigenvalue weighted by Gasteiger charge is 2.33. The van der Waals surface area contributed by atoms with Gasteiger partial charge in [0.05, 0.1) is 12.6 Å². The fourth-order valence-electron chi connectivity index (χ4n) is 2.06. The molecule has 7 nitrogen and oxygen atoms in total. The molecule has 1 rings (SSSR count). The van der Waals surface area contributed by atoms with Crippen molar-refractivity contribution in [1.82, 2.24) is 10.2 Å². The van der Waals surface area contributed by atoms with E-state index in [1.54, 1.807) is 25.7 Å². The molecule has 1 saturated heterocycles. The van der Waals surface area contributed by atoms with E-state index >= 15 is 0 Å². The predicted octanol–water partition coefficient (Wildman–Crippen LogP) is -0.221. The fourth-order valence-corrected chi connectivity index (χ4v) is 2.06. The van der Waals surface area contributed by atoms with E-state index in [4.69, 9.17) is 10.5 Å². The molecule has 110 valence electrons. The smallest absolute Gasteiger partial charge is 0.407 e. The number of aliphatic hydroxyl groups excluding tert-OH is 1. The molecule has 1 fully saturated rings. The Morgan fingerprint density at radius 2 is 2.16 bits per heavy atom. The van der Waals surface area contributed by atoms with Crippen molar-refractivity contribution in [2.75, 3.05) is 13.1 Å². The van der Waals surface area contributed by atoms with Crippen molar-refractivity contribution >= 4 is 12.0 Å². The van der Waals surface area contributed by atoms with Crippen LogP contribution in [0.25, 0.3) is 0 Å². The maximum atomic E-state index is 11.4. The number of primary amides is 1. The number of hydrogen-bond acceptors (Lipinski definition) is 5. The van der Waals surface area contributed by atoms with Crippen LogP contribution in [0.1, 0.15) is 33.6 Å². The number of carbonyl (C=O) groups excluding carboxylic acids is 2. The van der Waals surface area contributed by atoms with Gasteiger partial charge in [0, 0.05) is 6.54 Å². The fraction of sp³-hybridized carbons (Fsp3) is 0.833. The zero-order chi connectivity index (χ0) is 14.6. The third kappa shape index (κ3) is 5.04. The lowest BCUT2D eigenvalue weighted by atomic mass is 10.2. The second-order valence-electron chi connectivity index (χ2n) is 5.66. The first-order valence-corrected chi connectivity index (χ1v) is 6.40. The molecule has 19 heavy (non-hydrogen) atoms. The van der Waals surface area contributed by atoms with Gasteiger partial charge in [-0.05, 0) is 33.6 Å². The molecule has 0 unspecified atom stereocenters. The van der Waals surface area contributed by atoms with Gasteiger partial charge in [-0.15, -0.1) is 0 Å². The molecule has 2 atom stereocenters. The van der Waals surface area contributed by atoms with Crippen molar-refractivity contribution in [2.24, 2.45) is 5.73 Å². The number of ether oxygens (including phenoxy) is 1. The number of nitrogens with zero attached hydrogens (tertiary/aromatic N) is 1. The number of hydrogen-bond donors (Lipinski definition) is 3. The molecule has 0 saturated carbocycles. The first-order valence-electron chi connectivity index (χ1n) is 6.40. The van der Waals surface area contributed by atoms with E-state index < -0.39 is 29.9 Å². The first kappa shape index (κ1) is 15.7. The standard InChI is InChI=1S/C12H23N3O4/c1-12(2,3)19-11(18)14-7-9(16)15-6-4-5-8(15)10(13)17/h8-9,16H,4-7H2,1-3H3,(H2,13,17)(H,14,18)/t8-,9-/m0/s1. The third-order valence-corrected chi connectivity index (χ3v) is 2.83. The van der Waals surface area contributed by atoms with Crippen LogP contribution >= 0.6 is 0 Å². The van der Waals surface area contributed by atoms with Crippen molar-refractivity contribution in [2.45, 2.75) is 51.5 Å². The van der Waals surface area contributed by atoms with Gasteiger partial charge in [0.2, 0.25) is 5.91 Å². The highest BCUT2D eigenvalue weighted by Crippen LogP contribution is 2.18. The van der Waals surface area contributed by atoms with Crippen molar-refractivity contribution < 1.29 is 19.4 Å². The Morgan fingerprint density at radius 3 is 2.68 bits per heavy atom. The predicted molar refractivity (Wildman–Crippen MR) is 69.2 cm³/mol. The van der Waals surface area contributed by atoms with Crippen LogP contribution in [0.4, 0.5) is 4.79 Å². The van der Waals surface area contributed by atoms with Crippen LogP contribution in [-0.2, 0) is 9.53 Å². The molecule has 0 aliphatic carbocycles. The number of amides is 2. The van der Waals surface area contributed by atoms with Crippen LogP contribution in [0, 0.1) is 0 Å². The topological polar surface area (TPSA) is 105 Å². The molecule has 4 N–H and O–H groups in total. The van der Waals surface area contributed by atoms with Crippen LogP contribution in [0.2, 0.25) is 0 Å². The molecule has 0 bridgehead atoms. The van der Waals surface area contributed by atoms with Crippen molar-refractivity contribution in [3.8, 4) is 0 Å². The largest absolute Gasteiger partial charge is 0.444 e. The Hall–Kier alpha value is -1.34. The molecule has 7 heteroatoms. The SMILES string of the molecule is CC(C)(C)OC(=O)NC[C@H](O)N1CCC[C@H]1C(N)=O. The average Bonchev–Trinajstić information content (AvgIpc) is 2.72. The highest BCUT2D eigenvalue weighted by molar-refractivity contribution is 5.80. The molecular weight excluding hydrogens is 250 g/mol. The number of nitrogens with two attached hydrogens (primary N) is 1. The van der Waals surface area contributed by atoms with E-state index in [1.807, 2.05) is 0 Å². The molecule has 0 aromatic heterocycles. The molecule has 0 aromatic rings. The minimum atomic E-state index is -0.937. The lowest BCUT2D eigenvalue weighted by Crippen LogP contribution is -2.50. The summed E-state index contributed by atoms with van der Waals surface area (Å²) in [5, 5.41) is 12.4. The maximum absolute atomic E-state index is 11.4. The van der Waals surface area contributed by atoms with Gasteiger partial charge in [0.1, 0.15) is 11.8 Å². The second kappa shape index (κ2) is 6.21. The van der Waals surface area contributed by atoms with Crippen LogP contribution in [0.15, 0.2) is 0 Å². The summed E-state index contributed by atoms with van der Waals surface area (Å²) in [5.74, 6) is -0.450. The Labute approximate surface area is 113 Å². The Morgan fingerprint density at radius 1 is 1.53 bits per heavy atom. The molecule has 1 aliphatic heterocycles.